The zero-order valence-corrected chi connectivity index (χ0v) is 24.8. The zero-order valence-electron chi connectivity index (χ0n) is 22.4. The van der Waals surface area contributed by atoms with Crippen LogP contribution in [0.25, 0.3) is 6.08 Å². The predicted molar refractivity (Wildman–Crippen MR) is 155 cm³/mol. The maximum atomic E-state index is 13.3. The largest absolute Gasteiger partial charge is 0.358 e. The summed E-state index contributed by atoms with van der Waals surface area (Å²) in [6.07, 6.45) is 10.4. The Morgan fingerprint density at radius 1 is 1.11 bits per heavy atom. The molecule has 0 aromatic carbocycles. The second-order valence-electron chi connectivity index (χ2n) is 10.1. The van der Waals surface area contributed by atoms with E-state index in [1.165, 1.54) is 0 Å². The fourth-order valence-corrected chi connectivity index (χ4v) is 6.67. The molecule has 0 spiro atoms. The molecule has 3 aliphatic rings. The number of likely N-dealkylation sites (N-methyl/N-ethyl adjacent to an activating group) is 1. The van der Waals surface area contributed by atoms with E-state index in [2.05, 4.69) is 31.1 Å². The molecule has 2 aliphatic heterocycles. The van der Waals surface area contributed by atoms with E-state index in [0.29, 0.717) is 47.6 Å². The number of allylic oxidation sites excluding steroid dienone is 5. The molecule has 3 heterocycles. The Kier molecular flexibility index (Phi) is 8.64. The second kappa shape index (κ2) is 11.6. The van der Waals surface area contributed by atoms with Crippen molar-refractivity contribution in [1.82, 2.24) is 20.1 Å². The third-order valence-electron chi connectivity index (χ3n) is 7.26. The van der Waals surface area contributed by atoms with Gasteiger partial charge >= 0.3 is 0 Å². The van der Waals surface area contributed by atoms with Crippen molar-refractivity contribution in [1.29, 1.82) is 0 Å². The number of carbonyl (C=O) groups is 2. The van der Waals surface area contributed by atoms with E-state index >= 15 is 0 Å². The molecule has 2 N–H and O–H groups in total. The molecule has 0 atom stereocenters. The van der Waals surface area contributed by atoms with Crippen LogP contribution in [-0.4, -0.2) is 79.7 Å². The lowest BCUT2D eigenvalue weighted by Gasteiger charge is -2.32. The average Bonchev–Trinajstić information content (AvgIpc) is 3.33. The molecule has 0 saturated carbocycles. The van der Waals surface area contributed by atoms with Gasteiger partial charge in [-0.25, -0.2) is 8.42 Å². The summed E-state index contributed by atoms with van der Waals surface area (Å²) < 4.78 is 26.9. The van der Waals surface area contributed by atoms with Crippen LogP contribution in [0.3, 0.4) is 0 Å². The summed E-state index contributed by atoms with van der Waals surface area (Å²) in [5.74, 6) is -0.499. The number of hydrogen-bond acceptors (Lipinski definition) is 5. The van der Waals surface area contributed by atoms with Crippen molar-refractivity contribution in [3.8, 4) is 0 Å². The lowest BCUT2D eigenvalue weighted by atomic mass is 10.0. The van der Waals surface area contributed by atoms with E-state index in [4.69, 9.17) is 0 Å². The smallest absolute Gasteiger partial charge is 0.256 e. The van der Waals surface area contributed by atoms with E-state index in [1.807, 2.05) is 37.9 Å². The van der Waals surface area contributed by atoms with Crippen molar-refractivity contribution in [3.05, 3.63) is 73.7 Å². The molecule has 10 heteroatoms. The fourth-order valence-electron chi connectivity index (χ4n) is 4.99. The molecule has 1 aromatic rings. The van der Waals surface area contributed by atoms with E-state index in [-0.39, 0.29) is 23.3 Å². The molecule has 2 amide bonds. The van der Waals surface area contributed by atoms with Gasteiger partial charge in [-0.3, -0.25) is 9.59 Å². The number of amides is 2. The lowest BCUT2D eigenvalue weighted by Crippen LogP contribution is -2.47. The van der Waals surface area contributed by atoms with Gasteiger partial charge in [0, 0.05) is 48.8 Å². The third kappa shape index (κ3) is 6.30. The van der Waals surface area contributed by atoms with Crippen LogP contribution in [0.2, 0.25) is 0 Å². The first-order valence-corrected chi connectivity index (χ1v) is 15.4. The van der Waals surface area contributed by atoms with Gasteiger partial charge in [0.15, 0.2) is 9.84 Å². The van der Waals surface area contributed by atoms with Gasteiger partial charge in [0.2, 0.25) is 0 Å². The van der Waals surface area contributed by atoms with Gasteiger partial charge in [0.25, 0.3) is 11.8 Å². The van der Waals surface area contributed by atoms with Gasteiger partial charge in [-0.05, 0) is 56.8 Å². The minimum absolute atomic E-state index is 0.00809. The van der Waals surface area contributed by atoms with Crippen molar-refractivity contribution in [2.75, 3.05) is 44.7 Å². The lowest BCUT2D eigenvalue weighted by molar-refractivity contribution is -0.115. The highest BCUT2D eigenvalue weighted by Crippen LogP contribution is 2.30. The number of piperazine rings is 1. The number of halogens is 1. The highest BCUT2D eigenvalue weighted by molar-refractivity contribution is 9.11. The summed E-state index contributed by atoms with van der Waals surface area (Å²) in [4.78, 5) is 33.6. The number of carbonyl (C=O) groups excluding carboxylic acids is 2. The van der Waals surface area contributed by atoms with Gasteiger partial charge in [-0.2, -0.15) is 0 Å². The first-order chi connectivity index (χ1) is 18.0. The van der Waals surface area contributed by atoms with Crippen LogP contribution >= 0.6 is 15.9 Å². The Bertz CT molecular complexity index is 1400. The molecule has 38 heavy (non-hydrogen) atoms. The number of rotatable bonds is 6. The summed E-state index contributed by atoms with van der Waals surface area (Å²) in [5.41, 5.74) is 5.20. The van der Waals surface area contributed by atoms with Gasteiger partial charge in [0.05, 0.1) is 22.6 Å². The third-order valence-corrected chi connectivity index (χ3v) is 9.41. The van der Waals surface area contributed by atoms with Crippen LogP contribution < -0.4 is 5.32 Å². The first-order valence-electron chi connectivity index (χ1n) is 12.8. The van der Waals surface area contributed by atoms with Gasteiger partial charge < -0.3 is 20.1 Å². The summed E-state index contributed by atoms with van der Waals surface area (Å²) in [7, 11) is -1.37. The highest BCUT2D eigenvalue weighted by atomic mass is 79.9. The van der Waals surface area contributed by atoms with Crippen LogP contribution in [0.4, 0.5) is 0 Å². The average molecular weight is 604 g/mol. The van der Waals surface area contributed by atoms with Crippen LogP contribution in [0.1, 0.15) is 47.1 Å². The monoisotopic (exact) mass is 602 g/mol. The molecule has 204 valence electrons. The molecule has 4 rings (SSSR count). The van der Waals surface area contributed by atoms with E-state index < -0.39 is 9.84 Å². The summed E-state index contributed by atoms with van der Waals surface area (Å²) >= 11 is 3.45. The molecule has 2 saturated heterocycles. The zero-order chi connectivity index (χ0) is 27.6. The van der Waals surface area contributed by atoms with Crippen molar-refractivity contribution in [2.45, 2.75) is 33.6 Å². The van der Waals surface area contributed by atoms with E-state index in [9.17, 15) is 18.0 Å². The number of hydrogen-bond donors (Lipinski definition) is 2. The van der Waals surface area contributed by atoms with Crippen molar-refractivity contribution >= 4 is 43.7 Å². The van der Waals surface area contributed by atoms with Crippen molar-refractivity contribution in [3.63, 3.8) is 0 Å². The molecule has 0 unspecified atom stereocenters. The maximum Gasteiger partial charge on any atom is 0.256 e. The Balaban J connectivity index is 1.61. The number of nitrogens with one attached hydrogen (secondary N) is 2. The molecule has 1 aromatic heterocycles. The van der Waals surface area contributed by atoms with Crippen LogP contribution in [0.5, 0.6) is 0 Å². The highest BCUT2D eigenvalue weighted by Gasteiger charge is 2.30. The number of sulfone groups is 1. The Morgan fingerprint density at radius 2 is 1.82 bits per heavy atom. The van der Waals surface area contributed by atoms with Crippen LogP contribution in [0, 0.1) is 13.8 Å². The van der Waals surface area contributed by atoms with Crippen molar-refractivity contribution < 1.29 is 18.0 Å². The Hall–Kier alpha value is -2.69. The summed E-state index contributed by atoms with van der Waals surface area (Å²) in [5, 5.41) is 2.84. The number of aromatic amines is 1. The Morgan fingerprint density at radius 3 is 2.45 bits per heavy atom. The van der Waals surface area contributed by atoms with Gasteiger partial charge in [0.1, 0.15) is 0 Å². The number of H-pyrrole nitrogens is 1. The number of nitrogens with zero attached hydrogens (tertiary/aromatic N) is 2. The normalized spacial score (nSPS) is 22.3. The van der Waals surface area contributed by atoms with Gasteiger partial charge in [-0.1, -0.05) is 45.8 Å². The molecule has 0 bridgehead atoms. The minimum atomic E-state index is -3.41. The first kappa shape index (κ1) is 28.3. The van der Waals surface area contributed by atoms with Crippen LogP contribution in [0.15, 0.2) is 51.2 Å². The topological polar surface area (TPSA) is 103 Å². The quantitative estimate of drug-likeness (QED) is 0.482. The molecular formula is C28H35BrN4O4S. The summed E-state index contributed by atoms with van der Waals surface area (Å²) in [6, 6.07) is 0. The maximum absolute atomic E-state index is 13.3. The van der Waals surface area contributed by atoms with Crippen LogP contribution in [-0.2, 0) is 14.6 Å². The number of aromatic nitrogens is 1. The second-order valence-corrected chi connectivity index (χ2v) is 13.2. The summed E-state index contributed by atoms with van der Waals surface area (Å²) in [6.45, 7) is 8.56. The van der Waals surface area contributed by atoms with E-state index in [0.717, 1.165) is 40.8 Å². The number of aryl methyl sites for hydroxylation is 1. The molecule has 0 radical (unpaired) electrons. The fraction of sp³-hybridized carbons (Fsp3) is 0.429. The molecular weight excluding hydrogens is 568 g/mol. The van der Waals surface area contributed by atoms with E-state index in [1.54, 1.807) is 25.2 Å². The predicted octanol–water partition coefficient (Wildman–Crippen LogP) is 3.78. The molecule has 2 fully saturated rings. The Labute approximate surface area is 233 Å². The standard InChI is InChI=1S/C28H35BrN4O4S/c1-5-24-22(10-15-38(36,37)17-20-6-8-21(29)9-7-20)23(27(34)31-24)16-25-18(2)26(19(3)30-25)28(35)33-13-11-32(4)12-14-33/h5-6,8,10,16,30H,7,9,11-15,17H2,1-4H3,(H,31,34)/b22-10-,23-16-,24-5+. The minimum Gasteiger partial charge on any atom is -0.358 e. The van der Waals surface area contributed by atoms with Gasteiger partial charge in [-0.15, -0.1) is 0 Å². The molecule has 1 aliphatic carbocycles. The van der Waals surface area contributed by atoms with Crippen molar-refractivity contribution in [2.24, 2.45) is 0 Å². The molecule has 8 nitrogen and oxygen atoms in total. The SMILES string of the molecule is C/C=C1/NC(=O)C(=C\c2[nH]c(C)c(C(=O)N3CCN(C)CC3)c2C)/C1=C/CS(=O)(=O)CC1=CC=C(Br)CC1.